The monoisotopic (exact) mass is 340 g/mol. The van der Waals surface area contributed by atoms with Crippen LogP contribution in [0.2, 0.25) is 0 Å². The van der Waals surface area contributed by atoms with Crippen LogP contribution in [0, 0.1) is 0 Å². The van der Waals surface area contributed by atoms with Gasteiger partial charge in [0.2, 0.25) is 5.82 Å². The Kier molecular flexibility index (Phi) is 3.01. The zero-order valence-corrected chi connectivity index (χ0v) is 8.33. The van der Waals surface area contributed by atoms with E-state index in [1.165, 1.54) is 0 Å². The molecular weight excluding hydrogens is 334 g/mol. The number of rotatable bonds is 1. The van der Waals surface area contributed by atoms with Crippen LogP contribution in [-0.4, -0.2) is 25.6 Å². The van der Waals surface area contributed by atoms with Crippen LogP contribution in [0.4, 0.5) is 0 Å². The molecule has 1 radical (unpaired) electrons. The Hall–Kier alpha value is -1.13. The molecule has 2 heterocycles. The number of aromatic amines is 1. The second-order valence-corrected chi connectivity index (χ2v) is 1.95. The molecule has 0 aromatic carbocycles. The Morgan fingerprint density at radius 1 is 1.25 bits per heavy atom. The summed E-state index contributed by atoms with van der Waals surface area (Å²) in [6.45, 7) is 0. The predicted molar refractivity (Wildman–Crippen MR) is 37.4 cm³/mol. The average Bonchev–Trinajstić information content (AvgIpc) is 2.58. The predicted octanol–water partition coefficient (Wildman–Crippen LogP) is 0.259. The zero-order valence-electron chi connectivity index (χ0n) is 5.93. The van der Waals surface area contributed by atoms with Gasteiger partial charge in [-0.05, 0) is 17.3 Å². The fraction of sp³-hybridized carbons (Fsp3) is 0. The van der Waals surface area contributed by atoms with E-state index in [0.29, 0.717) is 5.82 Å². The molecule has 12 heavy (non-hydrogen) atoms. The van der Waals surface area contributed by atoms with E-state index in [1.54, 1.807) is 6.20 Å². The van der Waals surface area contributed by atoms with Gasteiger partial charge in [-0.3, -0.25) is 4.98 Å². The van der Waals surface area contributed by atoms with Crippen LogP contribution < -0.4 is 0 Å². The molecule has 0 saturated heterocycles. The second kappa shape index (κ2) is 4.04. The van der Waals surface area contributed by atoms with Gasteiger partial charge in [-0.2, -0.15) is 5.21 Å². The third kappa shape index (κ3) is 1.72. The summed E-state index contributed by atoms with van der Waals surface area (Å²) in [6, 6.07) is 5.53. The van der Waals surface area contributed by atoms with Crippen molar-refractivity contribution in [3.63, 3.8) is 0 Å². The number of H-pyrrole nitrogens is 1. The molecule has 63 valence electrons. The molecule has 0 aliphatic rings. The third-order valence-corrected chi connectivity index (χ3v) is 1.24. The number of pyridine rings is 1. The largest absolute Gasteiger partial charge is 0.253 e. The van der Waals surface area contributed by atoms with Crippen LogP contribution in [-0.2, 0) is 20.1 Å². The maximum atomic E-state index is 4.04. The zero-order chi connectivity index (χ0) is 7.52. The van der Waals surface area contributed by atoms with Gasteiger partial charge in [-0.25, -0.2) is 0 Å². The Bertz CT molecular complexity index is 319. The minimum Gasteiger partial charge on any atom is -0.253 e. The summed E-state index contributed by atoms with van der Waals surface area (Å²) in [6.07, 6.45) is 1.69. The molecule has 2 aromatic rings. The van der Waals surface area contributed by atoms with Crippen molar-refractivity contribution in [2.45, 2.75) is 0 Å². The molecule has 0 aliphatic heterocycles. The first-order chi connectivity index (χ1) is 5.47. The van der Waals surface area contributed by atoms with Crippen LogP contribution >= 0.6 is 0 Å². The maximum Gasteiger partial charge on any atom is 0.222 e. The van der Waals surface area contributed by atoms with Crippen molar-refractivity contribution in [1.82, 2.24) is 25.6 Å². The molecule has 2 rings (SSSR count). The van der Waals surface area contributed by atoms with E-state index in [4.69, 9.17) is 0 Å². The number of aromatic nitrogens is 5. The summed E-state index contributed by atoms with van der Waals surface area (Å²) in [5, 5.41) is 13.3. The van der Waals surface area contributed by atoms with E-state index in [1.807, 2.05) is 18.2 Å². The van der Waals surface area contributed by atoms with Gasteiger partial charge in [0.15, 0.2) is 0 Å². The van der Waals surface area contributed by atoms with Gasteiger partial charge in [0.25, 0.3) is 0 Å². The molecule has 0 atom stereocenters. The van der Waals surface area contributed by atoms with Crippen LogP contribution in [0.5, 0.6) is 0 Å². The first kappa shape index (κ1) is 8.96. The van der Waals surface area contributed by atoms with Crippen LogP contribution in [0.3, 0.4) is 0 Å². The summed E-state index contributed by atoms with van der Waals surface area (Å²) in [5.74, 6) is 0.519. The normalized spacial score (nSPS) is 9.00. The van der Waals surface area contributed by atoms with E-state index in [9.17, 15) is 0 Å². The Balaban J connectivity index is 0.000000720. The molecular formula is C6H5IrN5. The van der Waals surface area contributed by atoms with E-state index in [-0.39, 0.29) is 20.1 Å². The summed E-state index contributed by atoms with van der Waals surface area (Å²) in [7, 11) is 0. The van der Waals surface area contributed by atoms with Gasteiger partial charge in [0, 0.05) is 26.3 Å². The van der Waals surface area contributed by atoms with Gasteiger partial charge < -0.3 is 0 Å². The van der Waals surface area contributed by atoms with E-state index < -0.39 is 0 Å². The first-order valence-electron chi connectivity index (χ1n) is 3.11. The Labute approximate surface area is 82.0 Å². The molecule has 2 aromatic heterocycles. The number of hydrogen-bond donors (Lipinski definition) is 1. The van der Waals surface area contributed by atoms with Crippen LogP contribution in [0.1, 0.15) is 0 Å². The van der Waals surface area contributed by atoms with E-state index in [0.717, 1.165) is 5.69 Å². The molecule has 0 aliphatic carbocycles. The first-order valence-corrected chi connectivity index (χ1v) is 3.11. The van der Waals surface area contributed by atoms with Gasteiger partial charge in [0.05, 0.1) is 0 Å². The second-order valence-electron chi connectivity index (χ2n) is 1.95. The Morgan fingerprint density at radius 2 is 2.17 bits per heavy atom. The van der Waals surface area contributed by atoms with E-state index >= 15 is 0 Å². The molecule has 0 spiro atoms. The number of nitrogens with one attached hydrogen (secondary N) is 1. The SMILES string of the molecule is [Ir].c1ccc(-c2nn[nH]n2)nc1. The fourth-order valence-corrected chi connectivity index (χ4v) is 0.765. The minimum absolute atomic E-state index is 0. The standard InChI is InChI=1S/C6H5N5.Ir/c1-2-4-7-5(3-1)6-8-10-11-9-6;/h1-4H,(H,8,9,10,11);. The number of tetrazole rings is 1. The molecule has 0 unspecified atom stereocenters. The van der Waals surface area contributed by atoms with Crippen molar-refractivity contribution >= 4 is 0 Å². The van der Waals surface area contributed by atoms with E-state index in [2.05, 4.69) is 25.6 Å². The van der Waals surface area contributed by atoms with Crippen LogP contribution in [0.15, 0.2) is 24.4 Å². The third-order valence-electron chi connectivity index (χ3n) is 1.24. The Morgan fingerprint density at radius 3 is 2.75 bits per heavy atom. The van der Waals surface area contributed by atoms with Crippen molar-refractivity contribution in [2.24, 2.45) is 0 Å². The maximum absolute atomic E-state index is 4.04. The minimum atomic E-state index is 0. The molecule has 0 amide bonds. The summed E-state index contributed by atoms with van der Waals surface area (Å²) < 4.78 is 0. The number of nitrogens with zero attached hydrogens (tertiary/aromatic N) is 4. The quantitative estimate of drug-likeness (QED) is 0.809. The van der Waals surface area contributed by atoms with Gasteiger partial charge in [0.1, 0.15) is 5.69 Å². The molecule has 0 saturated carbocycles. The van der Waals surface area contributed by atoms with Crippen LogP contribution in [0.25, 0.3) is 11.5 Å². The molecule has 0 bridgehead atoms. The molecule has 0 fully saturated rings. The van der Waals surface area contributed by atoms with Gasteiger partial charge >= 0.3 is 0 Å². The molecule has 5 nitrogen and oxygen atoms in total. The van der Waals surface area contributed by atoms with Crippen molar-refractivity contribution in [2.75, 3.05) is 0 Å². The van der Waals surface area contributed by atoms with Crippen molar-refractivity contribution < 1.29 is 20.1 Å². The summed E-state index contributed by atoms with van der Waals surface area (Å²) >= 11 is 0. The van der Waals surface area contributed by atoms with Crippen molar-refractivity contribution in [3.8, 4) is 11.5 Å². The summed E-state index contributed by atoms with van der Waals surface area (Å²) in [4.78, 5) is 4.04. The molecule has 6 heteroatoms. The number of hydrogen-bond acceptors (Lipinski definition) is 4. The fourth-order valence-electron chi connectivity index (χ4n) is 0.765. The smallest absolute Gasteiger partial charge is 0.222 e. The average molecular weight is 339 g/mol. The van der Waals surface area contributed by atoms with Crippen molar-refractivity contribution in [3.05, 3.63) is 24.4 Å². The van der Waals surface area contributed by atoms with Gasteiger partial charge in [-0.1, -0.05) is 6.07 Å². The summed E-state index contributed by atoms with van der Waals surface area (Å²) in [5.41, 5.74) is 0.723. The van der Waals surface area contributed by atoms with Gasteiger partial charge in [-0.15, -0.1) is 10.2 Å². The topological polar surface area (TPSA) is 67.3 Å². The van der Waals surface area contributed by atoms with Crippen molar-refractivity contribution in [1.29, 1.82) is 0 Å². The molecule has 1 N–H and O–H groups in total.